The van der Waals surface area contributed by atoms with Gasteiger partial charge in [0.2, 0.25) is 0 Å². The molecule has 1 aliphatic heterocycles. The van der Waals surface area contributed by atoms with Crippen LogP contribution in [-0.4, -0.2) is 29.2 Å². The first-order chi connectivity index (χ1) is 13.7. The Bertz CT molecular complexity index is 1150. The third-order valence-electron chi connectivity index (χ3n) is 4.21. The van der Waals surface area contributed by atoms with Crippen LogP contribution in [0.25, 0.3) is 0 Å². The minimum absolute atomic E-state index is 0.0231. The van der Waals surface area contributed by atoms with Crippen LogP contribution in [0.1, 0.15) is 25.7 Å². The Morgan fingerprint density at radius 1 is 0.931 bits per heavy atom. The highest BCUT2D eigenvalue weighted by atomic mass is 35.5. The van der Waals surface area contributed by atoms with E-state index in [0.29, 0.717) is 18.8 Å². The van der Waals surface area contributed by atoms with Gasteiger partial charge < -0.3 is 0 Å². The van der Waals surface area contributed by atoms with Gasteiger partial charge in [-0.2, -0.15) is 0 Å². The number of hydrogen-bond acceptors (Lipinski definition) is 5. The maximum absolute atomic E-state index is 14.0. The summed E-state index contributed by atoms with van der Waals surface area (Å²) in [6.45, 7) is 0.560. The van der Waals surface area contributed by atoms with Crippen molar-refractivity contribution >= 4 is 43.2 Å². The zero-order valence-electron chi connectivity index (χ0n) is 15.2. The van der Waals surface area contributed by atoms with Crippen molar-refractivity contribution in [2.45, 2.75) is 35.5 Å². The monoisotopic (exact) mass is 459 g/mol. The second kappa shape index (κ2) is 8.68. The number of amidine groups is 1. The second-order valence-corrected chi connectivity index (χ2v) is 10.2. The molecule has 11 heteroatoms. The predicted octanol–water partition coefficient (Wildman–Crippen LogP) is 3.53. The van der Waals surface area contributed by atoms with E-state index < -0.39 is 30.8 Å². The lowest BCUT2D eigenvalue weighted by Gasteiger charge is -2.12. The molecule has 0 spiro atoms. The third kappa shape index (κ3) is 5.46. The van der Waals surface area contributed by atoms with Gasteiger partial charge in [0.15, 0.2) is 0 Å². The zero-order valence-corrected chi connectivity index (χ0v) is 17.6. The summed E-state index contributed by atoms with van der Waals surface area (Å²) in [7, 11) is -8.22. The summed E-state index contributed by atoms with van der Waals surface area (Å²) in [6, 6.07) is 8.41. The van der Waals surface area contributed by atoms with Crippen LogP contribution in [0.5, 0.6) is 0 Å². The van der Waals surface area contributed by atoms with Gasteiger partial charge >= 0.3 is 0 Å². The maximum atomic E-state index is 14.0. The van der Waals surface area contributed by atoms with Crippen LogP contribution in [0.4, 0.5) is 10.1 Å². The SMILES string of the molecule is O=S(=O)(NC1=NCCCCC1)c1cccc(NS(=O)(=O)c2ccc(Cl)cc2F)c1. The minimum Gasteiger partial charge on any atom is -0.279 e. The van der Waals surface area contributed by atoms with E-state index in [1.165, 1.54) is 24.3 Å². The first kappa shape index (κ1) is 21.5. The smallest absolute Gasteiger partial charge is 0.264 e. The molecule has 2 N–H and O–H groups in total. The van der Waals surface area contributed by atoms with E-state index in [2.05, 4.69) is 14.4 Å². The standard InChI is InChI=1S/C18H19ClFN3O4S2/c19-13-8-9-17(16(20)11-13)29(26,27)22-14-5-4-6-15(12-14)28(24,25)23-18-7-2-1-3-10-21-18/h4-6,8-9,11-12,22H,1-3,7,10H2,(H,21,23). The van der Waals surface area contributed by atoms with Crippen molar-refractivity contribution in [2.24, 2.45) is 4.99 Å². The van der Waals surface area contributed by atoms with Gasteiger partial charge in [0.1, 0.15) is 16.5 Å². The minimum atomic E-state index is -4.28. The van der Waals surface area contributed by atoms with Crippen molar-refractivity contribution in [3.05, 3.63) is 53.3 Å². The fraction of sp³-hybridized carbons (Fsp3) is 0.278. The zero-order chi connectivity index (χ0) is 21.1. The first-order valence-electron chi connectivity index (χ1n) is 8.81. The van der Waals surface area contributed by atoms with E-state index >= 15 is 0 Å². The number of anilines is 1. The number of benzene rings is 2. The van der Waals surface area contributed by atoms with Crippen molar-refractivity contribution in [3.8, 4) is 0 Å². The van der Waals surface area contributed by atoms with Crippen LogP contribution >= 0.6 is 11.6 Å². The average Bonchev–Trinajstić information content (AvgIpc) is 2.89. The molecule has 2 aromatic rings. The van der Waals surface area contributed by atoms with Crippen LogP contribution in [0.15, 0.2) is 57.2 Å². The van der Waals surface area contributed by atoms with Crippen molar-refractivity contribution in [1.29, 1.82) is 0 Å². The highest BCUT2D eigenvalue weighted by molar-refractivity contribution is 7.92. The average molecular weight is 460 g/mol. The lowest BCUT2D eigenvalue weighted by Crippen LogP contribution is -2.30. The summed E-state index contributed by atoms with van der Waals surface area (Å²) in [4.78, 5) is 3.50. The Kier molecular flexibility index (Phi) is 6.45. The molecule has 3 rings (SSSR count). The molecule has 0 unspecified atom stereocenters. The van der Waals surface area contributed by atoms with Crippen LogP contribution in [0.3, 0.4) is 0 Å². The van der Waals surface area contributed by atoms with Crippen LogP contribution in [0, 0.1) is 5.82 Å². The fourth-order valence-electron chi connectivity index (χ4n) is 2.80. The van der Waals surface area contributed by atoms with E-state index in [1.807, 2.05) is 0 Å². The van der Waals surface area contributed by atoms with Crippen molar-refractivity contribution in [3.63, 3.8) is 0 Å². The highest BCUT2D eigenvalue weighted by Gasteiger charge is 2.22. The second-order valence-electron chi connectivity index (χ2n) is 6.45. The Morgan fingerprint density at radius 2 is 1.72 bits per heavy atom. The number of nitrogens with zero attached hydrogens (tertiary/aromatic N) is 1. The van der Waals surface area contributed by atoms with Gasteiger partial charge in [-0.05, 0) is 49.2 Å². The molecule has 0 saturated carbocycles. The van der Waals surface area contributed by atoms with Crippen LogP contribution in [0.2, 0.25) is 5.02 Å². The molecule has 2 aromatic carbocycles. The molecule has 1 heterocycles. The molecule has 0 aromatic heterocycles. The van der Waals surface area contributed by atoms with Crippen LogP contribution in [-0.2, 0) is 20.0 Å². The molecular formula is C18H19ClFN3O4S2. The molecule has 0 fully saturated rings. The Labute approximate surface area is 174 Å². The predicted molar refractivity (Wildman–Crippen MR) is 110 cm³/mol. The summed E-state index contributed by atoms with van der Waals surface area (Å²) in [5.41, 5.74) is -0.0231. The molecule has 0 aliphatic carbocycles. The molecule has 29 heavy (non-hydrogen) atoms. The lowest BCUT2D eigenvalue weighted by molar-refractivity contribution is 0.570. The van der Waals surface area contributed by atoms with E-state index in [9.17, 15) is 21.2 Å². The van der Waals surface area contributed by atoms with E-state index in [0.717, 1.165) is 37.5 Å². The molecule has 0 saturated heterocycles. The van der Waals surface area contributed by atoms with Crippen molar-refractivity contribution < 1.29 is 21.2 Å². The largest absolute Gasteiger partial charge is 0.279 e. The molecule has 0 bridgehead atoms. The summed E-state index contributed by atoms with van der Waals surface area (Å²) >= 11 is 5.65. The van der Waals surface area contributed by atoms with Gasteiger partial charge in [0.05, 0.1) is 10.6 Å². The molecule has 1 aliphatic rings. The summed E-state index contributed by atoms with van der Waals surface area (Å²) in [6.07, 6.45) is 3.26. The third-order valence-corrected chi connectivity index (χ3v) is 7.24. The van der Waals surface area contributed by atoms with E-state index in [1.54, 1.807) is 0 Å². The van der Waals surface area contributed by atoms with Crippen LogP contribution < -0.4 is 9.44 Å². The maximum Gasteiger partial charge on any atom is 0.264 e. The van der Waals surface area contributed by atoms with Gasteiger partial charge in [-0.25, -0.2) is 21.2 Å². The molecule has 0 atom stereocenters. The number of halogens is 2. The summed E-state index contributed by atoms with van der Waals surface area (Å²) in [5.74, 6) is -0.626. The quantitative estimate of drug-likeness (QED) is 0.713. The van der Waals surface area contributed by atoms with Gasteiger partial charge in [-0.1, -0.05) is 24.1 Å². The lowest BCUT2D eigenvalue weighted by atomic mass is 10.2. The molecule has 7 nitrogen and oxygen atoms in total. The van der Waals surface area contributed by atoms with E-state index in [-0.39, 0.29) is 15.6 Å². The van der Waals surface area contributed by atoms with Crippen molar-refractivity contribution in [1.82, 2.24) is 4.72 Å². The first-order valence-corrected chi connectivity index (χ1v) is 12.2. The molecular weight excluding hydrogens is 441 g/mol. The number of sulfonamides is 2. The van der Waals surface area contributed by atoms with Gasteiger partial charge in [0, 0.05) is 18.0 Å². The number of rotatable bonds is 5. The Hall–Kier alpha value is -2.17. The van der Waals surface area contributed by atoms with Gasteiger partial charge in [0.25, 0.3) is 20.0 Å². The summed E-state index contributed by atoms with van der Waals surface area (Å²) in [5, 5.41) is 0.0574. The number of nitrogens with one attached hydrogen (secondary N) is 2. The molecule has 0 radical (unpaired) electrons. The Balaban J connectivity index is 1.84. The van der Waals surface area contributed by atoms with E-state index in [4.69, 9.17) is 11.6 Å². The highest BCUT2D eigenvalue weighted by Crippen LogP contribution is 2.23. The fourth-order valence-corrected chi connectivity index (χ4v) is 5.20. The number of hydrogen-bond donors (Lipinski definition) is 2. The van der Waals surface area contributed by atoms with Crippen molar-refractivity contribution in [2.75, 3.05) is 11.3 Å². The van der Waals surface area contributed by atoms with Gasteiger partial charge in [-0.3, -0.25) is 14.4 Å². The normalized spacial score (nSPS) is 15.3. The summed E-state index contributed by atoms with van der Waals surface area (Å²) < 4.78 is 68.9. The Morgan fingerprint density at radius 3 is 2.48 bits per heavy atom. The number of aliphatic imine (C=N–C) groups is 1. The molecule has 0 amide bonds. The van der Waals surface area contributed by atoms with Gasteiger partial charge in [-0.15, -0.1) is 0 Å². The molecule has 156 valence electrons. The topological polar surface area (TPSA) is 105 Å².